The average Bonchev–Trinajstić information content (AvgIpc) is 2.50. The molecule has 2 nitrogen and oxygen atoms in total. The third-order valence-electron chi connectivity index (χ3n) is 3.20. The summed E-state index contributed by atoms with van der Waals surface area (Å²) in [5.41, 5.74) is 15.6. The molecule has 0 radical (unpaired) electrons. The highest BCUT2D eigenvalue weighted by Crippen LogP contribution is 2.37. The maximum absolute atomic E-state index is 5.95. The molecular formula is C18H16N2S. The van der Waals surface area contributed by atoms with E-state index in [0.29, 0.717) is 0 Å². The normalized spacial score (nSPS) is 10.5. The molecule has 4 N–H and O–H groups in total. The summed E-state index contributed by atoms with van der Waals surface area (Å²) in [5.74, 6) is 0. The largest absolute Gasteiger partial charge is 0.399 e. The first-order chi connectivity index (χ1) is 10.2. The maximum atomic E-state index is 5.95. The molecule has 21 heavy (non-hydrogen) atoms. The van der Waals surface area contributed by atoms with Gasteiger partial charge >= 0.3 is 0 Å². The number of hydrogen-bond acceptors (Lipinski definition) is 3. The monoisotopic (exact) mass is 292 g/mol. The Morgan fingerprint density at radius 2 is 1.33 bits per heavy atom. The van der Waals surface area contributed by atoms with Crippen LogP contribution >= 0.6 is 11.8 Å². The molecule has 0 saturated carbocycles. The molecule has 0 heterocycles. The molecule has 0 bridgehead atoms. The summed E-state index contributed by atoms with van der Waals surface area (Å²) in [5, 5.41) is 0. The zero-order chi connectivity index (χ0) is 14.7. The van der Waals surface area contributed by atoms with Crippen molar-refractivity contribution in [1.29, 1.82) is 0 Å². The summed E-state index contributed by atoms with van der Waals surface area (Å²) in [4.78, 5) is 2.34. The van der Waals surface area contributed by atoms with E-state index in [2.05, 4.69) is 18.2 Å². The van der Waals surface area contributed by atoms with E-state index in [-0.39, 0.29) is 0 Å². The van der Waals surface area contributed by atoms with E-state index in [4.69, 9.17) is 11.5 Å². The molecule has 0 spiro atoms. The highest BCUT2D eigenvalue weighted by molar-refractivity contribution is 7.99. The summed E-state index contributed by atoms with van der Waals surface area (Å²) in [7, 11) is 0. The topological polar surface area (TPSA) is 52.0 Å². The van der Waals surface area contributed by atoms with Crippen LogP contribution in [0.3, 0.4) is 0 Å². The van der Waals surface area contributed by atoms with E-state index in [0.717, 1.165) is 27.4 Å². The molecule has 0 atom stereocenters. The zero-order valence-electron chi connectivity index (χ0n) is 11.5. The van der Waals surface area contributed by atoms with Gasteiger partial charge in [-0.3, -0.25) is 0 Å². The third kappa shape index (κ3) is 3.20. The molecule has 0 aliphatic carbocycles. The highest BCUT2D eigenvalue weighted by atomic mass is 32.2. The van der Waals surface area contributed by atoms with Gasteiger partial charge in [-0.05, 0) is 47.5 Å². The van der Waals surface area contributed by atoms with E-state index < -0.39 is 0 Å². The average molecular weight is 292 g/mol. The maximum Gasteiger partial charge on any atom is 0.0325 e. The van der Waals surface area contributed by atoms with E-state index in [1.54, 1.807) is 11.8 Å². The van der Waals surface area contributed by atoms with E-state index >= 15 is 0 Å². The van der Waals surface area contributed by atoms with Crippen LogP contribution in [0.25, 0.3) is 11.1 Å². The van der Waals surface area contributed by atoms with Crippen LogP contribution in [0.2, 0.25) is 0 Å². The van der Waals surface area contributed by atoms with Crippen LogP contribution < -0.4 is 11.5 Å². The van der Waals surface area contributed by atoms with Crippen molar-refractivity contribution in [1.82, 2.24) is 0 Å². The summed E-state index contributed by atoms with van der Waals surface area (Å²) in [6.07, 6.45) is 0. The lowest BCUT2D eigenvalue weighted by atomic mass is 10.1. The van der Waals surface area contributed by atoms with Gasteiger partial charge in [-0.1, -0.05) is 48.2 Å². The highest BCUT2D eigenvalue weighted by Gasteiger charge is 2.07. The number of nitrogen functional groups attached to an aromatic ring is 2. The van der Waals surface area contributed by atoms with E-state index in [1.165, 1.54) is 4.90 Å². The molecule has 0 unspecified atom stereocenters. The fourth-order valence-electron chi connectivity index (χ4n) is 2.14. The second-order valence-corrected chi connectivity index (χ2v) is 5.91. The van der Waals surface area contributed by atoms with Crippen LogP contribution in [-0.4, -0.2) is 0 Å². The number of benzene rings is 3. The minimum atomic E-state index is 0.770. The molecule has 3 rings (SSSR count). The zero-order valence-corrected chi connectivity index (χ0v) is 12.3. The van der Waals surface area contributed by atoms with Gasteiger partial charge in [0.15, 0.2) is 0 Å². The Morgan fingerprint density at radius 3 is 2.05 bits per heavy atom. The van der Waals surface area contributed by atoms with Crippen LogP contribution in [0.15, 0.2) is 82.6 Å². The van der Waals surface area contributed by atoms with Gasteiger partial charge in [0.05, 0.1) is 0 Å². The summed E-state index contributed by atoms with van der Waals surface area (Å²) in [6, 6.07) is 24.2. The summed E-state index contributed by atoms with van der Waals surface area (Å²) in [6.45, 7) is 0. The second-order valence-electron chi connectivity index (χ2n) is 4.79. The standard InChI is InChI=1S/C18H16N2S/c19-14-8-6-13(7-9-14)17-11-10-15(20)12-18(17)21-16-4-2-1-3-5-16/h1-12H,19-20H2. The fourth-order valence-corrected chi connectivity index (χ4v) is 3.18. The Morgan fingerprint density at radius 1 is 0.667 bits per heavy atom. The molecule has 3 aromatic carbocycles. The summed E-state index contributed by atoms with van der Waals surface area (Å²) < 4.78 is 0. The number of hydrogen-bond donors (Lipinski definition) is 2. The number of nitrogens with two attached hydrogens (primary N) is 2. The van der Waals surface area contributed by atoms with Gasteiger partial charge in [0.1, 0.15) is 0 Å². The van der Waals surface area contributed by atoms with Crippen molar-refractivity contribution in [3.8, 4) is 11.1 Å². The van der Waals surface area contributed by atoms with Crippen LogP contribution in [-0.2, 0) is 0 Å². The van der Waals surface area contributed by atoms with Gasteiger partial charge in [0.25, 0.3) is 0 Å². The second kappa shape index (κ2) is 5.94. The van der Waals surface area contributed by atoms with Gasteiger partial charge in [-0.2, -0.15) is 0 Å². The Hall–Kier alpha value is -2.39. The van der Waals surface area contributed by atoms with Crippen LogP contribution in [0.4, 0.5) is 11.4 Å². The van der Waals surface area contributed by atoms with Crippen molar-refractivity contribution in [2.24, 2.45) is 0 Å². The smallest absolute Gasteiger partial charge is 0.0325 e. The fraction of sp³-hybridized carbons (Fsp3) is 0. The van der Waals surface area contributed by atoms with Crippen molar-refractivity contribution < 1.29 is 0 Å². The Balaban J connectivity index is 2.03. The first-order valence-corrected chi connectivity index (χ1v) is 7.52. The minimum Gasteiger partial charge on any atom is -0.399 e. The van der Waals surface area contributed by atoms with Crippen LogP contribution in [0, 0.1) is 0 Å². The molecule has 0 aromatic heterocycles. The number of rotatable bonds is 3. The van der Waals surface area contributed by atoms with Gasteiger partial charge in [0, 0.05) is 21.2 Å². The lowest BCUT2D eigenvalue weighted by Crippen LogP contribution is -1.89. The Labute approximate surface area is 128 Å². The molecule has 0 aliphatic heterocycles. The van der Waals surface area contributed by atoms with E-state index in [1.807, 2.05) is 54.6 Å². The third-order valence-corrected chi connectivity index (χ3v) is 4.26. The molecular weight excluding hydrogens is 276 g/mol. The van der Waals surface area contributed by atoms with E-state index in [9.17, 15) is 0 Å². The van der Waals surface area contributed by atoms with Crippen molar-refractivity contribution in [2.45, 2.75) is 9.79 Å². The molecule has 3 aromatic rings. The van der Waals surface area contributed by atoms with Gasteiger partial charge < -0.3 is 11.5 Å². The van der Waals surface area contributed by atoms with Crippen molar-refractivity contribution >= 4 is 23.1 Å². The molecule has 0 saturated heterocycles. The van der Waals surface area contributed by atoms with Gasteiger partial charge in [-0.15, -0.1) is 0 Å². The predicted molar refractivity (Wildman–Crippen MR) is 91.3 cm³/mol. The quantitative estimate of drug-likeness (QED) is 0.690. The SMILES string of the molecule is Nc1ccc(-c2ccc(N)cc2Sc2ccccc2)cc1. The van der Waals surface area contributed by atoms with Crippen molar-refractivity contribution in [3.63, 3.8) is 0 Å². The van der Waals surface area contributed by atoms with Crippen molar-refractivity contribution in [3.05, 3.63) is 72.8 Å². The molecule has 104 valence electrons. The first-order valence-electron chi connectivity index (χ1n) is 6.71. The van der Waals surface area contributed by atoms with Crippen LogP contribution in [0.1, 0.15) is 0 Å². The van der Waals surface area contributed by atoms with Gasteiger partial charge in [-0.25, -0.2) is 0 Å². The molecule has 3 heteroatoms. The summed E-state index contributed by atoms with van der Waals surface area (Å²) >= 11 is 1.72. The predicted octanol–water partition coefficient (Wildman–Crippen LogP) is 4.67. The molecule has 0 fully saturated rings. The van der Waals surface area contributed by atoms with Gasteiger partial charge in [0.2, 0.25) is 0 Å². The minimum absolute atomic E-state index is 0.770. The van der Waals surface area contributed by atoms with Crippen molar-refractivity contribution in [2.75, 3.05) is 11.5 Å². The Bertz CT molecular complexity index is 737. The lowest BCUT2D eigenvalue weighted by Gasteiger charge is -2.11. The number of anilines is 2. The first kappa shape index (κ1) is 13.6. The molecule has 0 aliphatic rings. The molecule has 0 amide bonds. The lowest BCUT2D eigenvalue weighted by molar-refractivity contribution is 1.40. The Kier molecular flexibility index (Phi) is 3.84. The van der Waals surface area contributed by atoms with Crippen LogP contribution in [0.5, 0.6) is 0 Å².